The molecule has 0 bridgehead atoms. The van der Waals surface area contributed by atoms with E-state index in [0.29, 0.717) is 5.82 Å². The number of hydrogen-bond acceptors (Lipinski definition) is 4. The summed E-state index contributed by atoms with van der Waals surface area (Å²) >= 11 is 0. The monoisotopic (exact) mass is 339 g/mol. The number of rotatable bonds is 4. The number of amides is 1. The summed E-state index contributed by atoms with van der Waals surface area (Å²) in [6, 6.07) is 8.28. The summed E-state index contributed by atoms with van der Waals surface area (Å²) < 4.78 is 0. The van der Waals surface area contributed by atoms with Crippen LogP contribution in [0.25, 0.3) is 0 Å². The van der Waals surface area contributed by atoms with Crippen LogP contribution in [0.4, 0.5) is 0 Å². The van der Waals surface area contributed by atoms with Crippen LogP contribution in [0.15, 0.2) is 30.6 Å². The van der Waals surface area contributed by atoms with Crippen molar-refractivity contribution < 1.29 is 4.79 Å². The fourth-order valence-corrected chi connectivity index (χ4v) is 4.27. The molecule has 1 aliphatic carbocycles. The maximum Gasteiger partial charge on any atom is 0.241 e. The zero-order valence-electron chi connectivity index (χ0n) is 14.7. The quantitative estimate of drug-likeness (QED) is 0.894. The normalized spacial score (nSPS) is 20.8. The number of piperidine rings is 1. The van der Waals surface area contributed by atoms with Crippen molar-refractivity contribution in [1.29, 1.82) is 0 Å². The van der Waals surface area contributed by atoms with E-state index in [1.165, 1.54) is 36.7 Å². The van der Waals surface area contributed by atoms with Crippen LogP contribution in [0.3, 0.4) is 0 Å². The zero-order chi connectivity index (χ0) is 17.3. The molecule has 6 heteroatoms. The number of nitrogens with zero attached hydrogens (tertiary/aromatic N) is 3. The largest absolute Gasteiger partial charge is 0.345 e. The number of aromatic amines is 1. The number of likely N-dealkylation sites (tertiary alicyclic amines) is 1. The van der Waals surface area contributed by atoms with Crippen LogP contribution in [0.1, 0.15) is 49.2 Å². The third-order valence-corrected chi connectivity index (χ3v) is 5.66. The summed E-state index contributed by atoms with van der Waals surface area (Å²) in [5.41, 5.74) is 2.13. The summed E-state index contributed by atoms with van der Waals surface area (Å²) in [5, 5.41) is 9.93. The number of hydrogen-bond donors (Lipinski definition) is 2. The van der Waals surface area contributed by atoms with Gasteiger partial charge in [-0.2, -0.15) is 5.10 Å². The van der Waals surface area contributed by atoms with Crippen molar-refractivity contribution in [2.45, 2.75) is 50.6 Å². The topological polar surface area (TPSA) is 73.9 Å². The van der Waals surface area contributed by atoms with Crippen LogP contribution < -0.4 is 5.32 Å². The summed E-state index contributed by atoms with van der Waals surface area (Å²) in [6.45, 7) is 3.95. The van der Waals surface area contributed by atoms with Crippen LogP contribution in [-0.2, 0) is 17.6 Å². The number of fused-ring (bicyclic) bond motifs is 1. The van der Waals surface area contributed by atoms with Crippen LogP contribution >= 0.6 is 0 Å². The smallest absolute Gasteiger partial charge is 0.241 e. The van der Waals surface area contributed by atoms with Gasteiger partial charge < -0.3 is 5.32 Å². The zero-order valence-corrected chi connectivity index (χ0v) is 14.7. The van der Waals surface area contributed by atoms with Gasteiger partial charge in [0.05, 0.1) is 6.04 Å². The molecule has 0 radical (unpaired) electrons. The molecule has 1 aromatic heterocycles. The maximum absolute atomic E-state index is 13.4. The molecule has 25 heavy (non-hydrogen) atoms. The molecule has 2 aliphatic rings. The fourth-order valence-electron chi connectivity index (χ4n) is 4.27. The molecule has 1 unspecified atom stereocenters. The minimum Gasteiger partial charge on any atom is -0.345 e. The molecule has 2 aromatic rings. The van der Waals surface area contributed by atoms with Gasteiger partial charge in [-0.25, -0.2) is 4.98 Å². The standard InChI is InChI=1S/C19H25N5O/c1-14(17-20-13-21-23-17)22-18(25)19(24-9-5-2-6-10-24)11-15-7-3-4-8-16(15)12-19/h3-4,7-8,13-14H,2,5-6,9-12H2,1H3,(H,22,25)(H,20,21,23). The highest BCUT2D eigenvalue weighted by Crippen LogP contribution is 2.37. The van der Waals surface area contributed by atoms with Gasteiger partial charge in [0.25, 0.3) is 0 Å². The number of nitrogens with one attached hydrogen (secondary N) is 2. The van der Waals surface area contributed by atoms with E-state index in [9.17, 15) is 4.79 Å². The SMILES string of the molecule is CC(NC(=O)C1(N2CCCCC2)Cc2ccccc2C1)c1ncn[nH]1. The molecular weight excluding hydrogens is 314 g/mol. The van der Waals surface area contributed by atoms with Crippen molar-refractivity contribution in [2.24, 2.45) is 0 Å². The molecule has 4 rings (SSSR count). The first-order chi connectivity index (χ1) is 12.2. The number of H-pyrrole nitrogens is 1. The van der Waals surface area contributed by atoms with Crippen molar-refractivity contribution >= 4 is 5.91 Å². The summed E-state index contributed by atoms with van der Waals surface area (Å²) in [5.74, 6) is 0.798. The van der Waals surface area contributed by atoms with E-state index in [0.717, 1.165) is 25.9 Å². The van der Waals surface area contributed by atoms with Gasteiger partial charge in [0.15, 0.2) is 0 Å². The van der Waals surface area contributed by atoms with E-state index < -0.39 is 5.54 Å². The second-order valence-corrected chi connectivity index (χ2v) is 7.27. The predicted molar refractivity (Wildman–Crippen MR) is 94.9 cm³/mol. The van der Waals surface area contributed by atoms with Crippen molar-refractivity contribution in [2.75, 3.05) is 13.1 Å². The average molecular weight is 339 g/mol. The minimum atomic E-state index is -0.474. The second kappa shape index (κ2) is 6.59. The van der Waals surface area contributed by atoms with E-state index in [1.54, 1.807) is 0 Å². The lowest BCUT2D eigenvalue weighted by atomic mass is 9.89. The van der Waals surface area contributed by atoms with Crippen molar-refractivity contribution in [3.8, 4) is 0 Å². The van der Waals surface area contributed by atoms with Gasteiger partial charge >= 0.3 is 0 Å². The van der Waals surface area contributed by atoms with E-state index >= 15 is 0 Å². The minimum absolute atomic E-state index is 0.106. The third kappa shape index (κ3) is 2.95. The Bertz CT molecular complexity index is 711. The highest BCUT2D eigenvalue weighted by atomic mass is 16.2. The molecule has 2 N–H and O–H groups in total. The van der Waals surface area contributed by atoms with Gasteiger partial charge in [-0.15, -0.1) is 0 Å². The highest BCUT2D eigenvalue weighted by molar-refractivity contribution is 5.88. The lowest BCUT2D eigenvalue weighted by Crippen LogP contribution is -2.61. The second-order valence-electron chi connectivity index (χ2n) is 7.27. The summed E-state index contributed by atoms with van der Waals surface area (Å²) in [7, 11) is 0. The summed E-state index contributed by atoms with van der Waals surface area (Å²) in [4.78, 5) is 20.0. The van der Waals surface area contributed by atoms with Gasteiger partial charge in [0.2, 0.25) is 5.91 Å². The lowest BCUT2D eigenvalue weighted by molar-refractivity contribution is -0.134. The van der Waals surface area contributed by atoms with Gasteiger partial charge in [-0.1, -0.05) is 30.7 Å². The Labute approximate surface area is 148 Å². The first-order valence-corrected chi connectivity index (χ1v) is 9.17. The lowest BCUT2D eigenvalue weighted by Gasteiger charge is -2.42. The number of aromatic nitrogens is 3. The molecule has 1 aromatic carbocycles. The molecule has 2 heterocycles. The van der Waals surface area contributed by atoms with Gasteiger partial charge in [0, 0.05) is 12.8 Å². The van der Waals surface area contributed by atoms with E-state index in [4.69, 9.17) is 0 Å². The van der Waals surface area contributed by atoms with E-state index in [1.807, 2.05) is 6.92 Å². The summed E-state index contributed by atoms with van der Waals surface area (Å²) in [6.07, 6.45) is 6.65. The van der Waals surface area contributed by atoms with Gasteiger partial charge in [0.1, 0.15) is 17.7 Å². The Morgan fingerprint density at radius 1 is 1.20 bits per heavy atom. The number of carbonyl (C=O) groups is 1. The van der Waals surface area contributed by atoms with Crippen molar-refractivity contribution in [1.82, 2.24) is 25.4 Å². The van der Waals surface area contributed by atoms with E-state index in [2.05, 4.69) is 49.7 Å². The van der Waals surface area contributed by atoms with Gasteiger partial charge in [-0.05, 0) is 44.0 Å². The number of benzene rings is 1. The van der Waals surface area contributed by atoms with Crippen molar-refractivity contribution in [3.63, 3.8) is 0 Å². The van der Waals surface area contributed by atoms with Crippen LogP contribution in [-0.4, -0.2) is 44.6 Å². The van der Waals surface area contributed by atoms with Gasteiger partial charge in [-0.3, -0.25) is 14.8 Å². The molecule has 1 amide bonds. The average Bonchev–Trinajstić information content (AvgIpc) is 3.30. The molecule has 1 fully saturated rings. The first kappa shape index (κ1) is 16.3. The molecule has 6 nitrogen and oxygen atoms in total. The van der Waals surface area contributed by atoms with Crippen molar-refractivity contribution in [3.05, 3.63) is 47.5 Å². The first-order valence-electron chi connectivity index (χ1n) is 9.17. The van der Waals surface area contributed by atoms with E-state index in [-0.39, 0.29) is 11.9 Å². The third-order valence-electron chi connectivity index (χ3n) is 5.66. The molecule has 1 aliphatic heterocycles. The molecular formula is C19H25N5O. The molecule has 132 valence electrons. The Balaban J connectivity index is 1.61. The Hall–Kier alpha value is -2.21. The highest BCUT2D eigenvalue weighted by Gasteiger charge is 2.48. The Morgan fingerprint density at radius 3 is 2.48 bits per heavy atom. The molecule has 1 saturated heterocycles. The van der Waals surface area contributed by atoms with Crippen LogP contribution in [0.5, 0.6) is 0 Å². The molecule has 0 saturated carbocycles. The fraction of sp³-hybridized carbons (Fsp3) is 0.526. The molecule has 1 atom stereocenters. The maximum atomic E-state index is 13.4. The number of carbonyl (C=O) groups excluding carboxylic acids is 1. The van der Waals surface area contributed by atoms with Crippen LogP contribution in [0, 0.1) is 0 Å². The van der Waals surface area contributed by atoms with Crippen LogP contribution in [0.2, 0.25) is 0 Å². The Kier molecular flexibility index (Phi) is 4.29. The Morgan fingerprint density at radius 2 is 1.88 bits per heavy atom. The molecule has 0 spiro atoms. The predicted octanol–water partition coefficient (Wildman–Crippen LogP) is 2.01.